The molecule has 0 spiro atoms. The van der Waals surface area contributed by atoms with E-state index in [2.05, 4.69) is 31.0 Å². The van der Waals surface area contributed by atoms with Crippen LogP contribution in [0.3, 0.4) is 0 Å². The Bertz CT molecular complexity index is 514. The lowest BCUT2D eigenvalue weighted by molar-refractivity contribution is -0.116. The number of anilines is 1. The highest BCUT2D eigenvalue weighted by atomic mass is 32.1. The number of hydrogen-bond acceptors (Lipinski definition) is 3. The zero-order chi connectivity index (χ0) is 16.0. The number of rotatable bonds is 7. The molecule has 0 fully saturated rings. The number of hydrogen-bond donors (Lipinski definition) is 2. The number of nitrogens with one attached hydrogen (secondary N) is 1. The van der Waals surface area contributed by atoms with Crippen LogP contribution in [0.5, 0.6) is 0 Å². The molecule has 1 rings (SSSR count). The van der Waals surface area contributed by atoms with E-state index in [1.54, 1.807) is 0 Å². The van der Waals surface area contributed by atoms with Crippen molar-refractivity contribution in [1.29, 1.82) is 0 Å². The molecule has 21 heavy (non-hydrogen) atoms. The van der Waals surface area contributed by atoms with Crippen molar-refractivity contribution in [2.24, 2.45) is 5.73 Å². The van der Waals surface area contributed by atoms with Crippen molar-refractivity contribution in [2.75, 3.05) is 18.9 Å². The first-order valence-corrected chi connectivity index (χ1v) is 7.58. The molecule has 4 nitrogen and oxygen atoms in total. The van der Waals surface area contributed by atoms with Crippen LogP contribution in [0.25, 0.3) is 0 Å². The first kappa shape index (κ1) is 17.6. The molecule has 1 amide bonds. The Labute approximate surface area is 132 Å². The summed E-state index contributed by atoms with van der Waals surface area (Å²) >= 11 is 4.99. The van der Waals surface area contributed by atoms with Gasteiger partial charge >= 0.3 is 0 Å². The Hall–Kier alpha value is -1.46. The van der Waals surface area contributed by atoms with Crippen LogP contribution in [-0.2, 0) is 4.79 Å². The second-order valence-electron chi connectivity index (χ2n) is 5.80. The number of benzene rings is 1. The lowest BCUT2D eigenvalue weighted by Gasteiger charge is -2.34. The summed E-state index contributed by atoms with van der Waals surface area (Å²) in [5.41, 5.74) is 7.12. The molecular formula is C16H25N3OS. The molecule has 0 aliphatic carbocycles. The van der Waals surface area contributed by atoms with Crippen LogP contribution in [0, 0.1) is 0 Å². The van der Waals surface area contributed by atoms with Gasteiger partial charge in [0.2, 0.25) is 5.91 Å². The number of carbonyl (C=O) groups is 1. The third-order valence-electron chi connectivity index (χ3n) is 4.04. The second kappa shape index (κ2) is 7.52. The Balaban J connectivity index is 2.61. The minimum absolute atomic E-state index is 0.0301. The maximum Gasteiger partial charge on any atom is 0.225 e. The van der Waals surface area contributed by atoms with E-state index in [1.165, 1.54) is 0 Å². The van der Waals surface area contributed by atoms with Gasteiger partial charge in [-0.15, -0.1) is 0 Å². The predicted molar refractivity (Wildman–Crippen MR) is 92.6 cm³/mol. The Kier molecular flexibility index (Phi) is 6.30. The second-order valence-corrected chi connectivity index (χ2v) is 6.24. The molecule has 1 aromatic rings. The summed E-state index contributed by atoms with van der Waals surface area (Å²) in [4.78, 5) is 14.6. The van der Waals surface area contributed by atoms with Crippen molar-refractivity contribution in [2.45, 2.75) is 39.2 Å². The quantitative estimate of drug-likeness (QED) is 0.761. The number of nitrogens with zero attached hydrogens (tertiary/aromatic N) is 1. The van der Waals surface area contributed by atoms with Crippen LogP contribution in [-0.4, -0.2) is 34.9 Å². The molecule has 5 heteroatoms. The fourth-order valence-corrected chi connectivity index (χ4v) is 2.04. The highest BCUT2D eigenvalue weighted by Crippen LogP contribution is 2.18. The van der Waals surface area contributed by atoms with Gasteiger partial charge in [0.05, 0.1) is 5.69 Å². The molecule has 0 aromatic heterocycles. The Morgan fingerprint density at radius 2 is 2.00 bits per heavy atom. The number of carbonyl (C=O) groups excluding carboxylic acids is 1. The van der Waals surface area contributed by atoms with Crippen molar-refractivity contribution in [3.8, 4) is 0 Å². The molecule has 0 unspecified atom stereocenters. The molecule has 0 aliphatic heterocycles. The predicted octanol–water partition coefficient (Wildman–Crippen LogP) is 2.77. The summed E-state index contributed by atoms with van der Waals surface area (Å²) in [6.07, 6.45) is 1.47. The average molecular weight is 307 g/mol. The number of thiocarbonyl (C=S) groups is 1. The van der Waals surface area contributed by atoms with Gasteiger partial charge in [0.15, 0.2) is 0 Å². The normalized spacial score (nSPS) is 11.5. The van der Waals surface area contributed by atoms with Crippen LogP contribution >= 0.6 is 12.2 Å². The summed E-state index contributed by atoms with van der Waals surface area (Å²) < 4.78 is 0. The van der Waals surface area contributed by atoms with E-state index in [-0.39, 0.29) is 16.4 Å². The fourth-order valence-electron chi connectivity index (χ4n) is 1.86. The van der Waals surface area contributed by atoms with Gasteiger partial charge in [0, 0.05) is 24.1 Å². The van der Waals surface area contributed by atoms with Crippen LogP contribution in [0.4, 0.5) is 5.69 Å². The summed E-state index contributed by atoms with van der Waals surface area (Å²) in [7, 11) is 2.04. The largest absolute Gasteiger partial charge is 0.389 e. The van der Waals surface area contributed by atoms with Crippen LogP contribution < -0.4 is 11.1 Å². The smallest absolute Gasteiger partial charge is 0.225 e. The van der Waals surface area contributed by atoms with Crippen molar-refractivity contribution in [1.82, 2.24) is 4.90 Å². The molecule has 0 bridgehead atoms. The van der Waals surface area contributed by atoms with Gasteiger partial charge in [-0.05, 0) is 39.4 Å². The molecular weight excluding hydrogens is 282 g/mol. The summed E-state index contributed by atoms with van der Waals surface area (Å²) in [6.45, 7) is 7.21. The number of amides is 1. The summed E-state index contributed by atoms with van der Waals surface area (Å²) in [5, 5.41) is 2.88. The number of para-hydroxylation sites is 1. The van der Waals surface area contributed by atoms with E-state index in [0.29, 0.717) is 24.2 Å². The Morgan fingerprint density at radius 1 is 1.38 bits per heavy atom. The van der Waals surface area contributed by atoms with E-state index < -0.39 is 0 Å². The summed E-state index contributed by atoms with van der Waals surface area (Å²) in [6, 6.07) is 7.32. The van der Waals surface area contributed by atoms with Gasteiger partial charge in [0.25, 0.3) is 0 Å². The van der Waals surface area contributed by atoms with Crippen molar-refractivity contribution in [3.05, 3.63) is 29.8 Å². The van der Waals surface area contributed by atoms with E-state index >= 15 is 0 Å². The third kappa shape index (κ3) is 5.10. The van der Waals surface area contributed by atoms with Gasteiger partial charge in [-0.3, -0.25) is 4.79 Å². The van der Waals surface area contributed by atoms with E-state index in [0.717, 1.165) is 6.42 Å². The van der Waals surface area contributed by atoms with E-state index in [9.17, 15) is 4.79 Å². The molecule has 3 N–H and O–H groups in total. The summed E-state index contributed by atoms with van der Waals surface area (Å²) in [5.74, 6) is -0.0301. The maximum atomic E-state index is 12.1. The van der Waals surface area contributed by atoms with Gasteiger partial charge in [0.1, 0.15) is 4.99 Å². The highest BCUT2D eigenvalue weighted by molar-refractivity contribution is 7.80. The molecule has 116 valence electrons. The van der Waals surface area contributed by atoms with Crippen LogP contribution in [0.2, 0.25) is 0 Å². The lowest BCUT2D eigenvalue weighted by Crippen LogP contribution is -2.41. The van der Waals surface area contributed by atoms with Crippen LogP contribution in [0.15, 0.2) is 24.3 Å². The van der Waals surface area contributed by atoms with Crippen LogP contribution in [0.1, 0.15) is 39.2 Å². The Morgan fingerprint density at radius 3 is 2.57 bits per heavy atom. The molecule has 0 saturated heterocycles. The molecule has 0 heterocycles. The van der Waals surface area contributed by atoms with E-state index in [1.807, 2.05) is 31.3 Å². The first-order valence-electron chi connectivity index (χ1n) is 7.18. The molecule has 0 radical (unpaired) electrons. The third-order valence-corrected chi connectivity index (χ3v) is 4.26. The monoisotopic (exact) mass is 307 g/mol. The zero-order valence-corrected chi connectivity index (χ0v) is 14.1. The van der Waals surface area contributed by atoms with Gasteiger partial charge in [-0.2, -0.15) is 0 Å². The minimum Gasteiger partial charge on any atom is -0.389 e. The highest BCUT2D eigenvalue weighted by Gasteiger charge is 2.21. The zero-order valence-electron chi connectivity index (χ0n) is 13.3. The van der Waals surface area contributed by atoms with Gasteiger partial charge in [-0.1, -0.05) is 31.3 Å². The molecule has 0 atom stereocenters. The lowest BCUT2D eigenvalue weighted by atomic mass is 10.00. The average Bonchev–Trinajstić information content (AvgIpc) is 2.45. The van der Waals surface area contributed by atoms with E-state index in [4.69, 9.17) is 18.0 Å². The minimum atomic E-state index is -0.0301. The molecule has 0 saturated carbocycles. The number of nitrogens with two attached hydrogens (primary N) is 1. The van der Waals surface area contributed by atoms with Gasteiger partial charge < -0.3 is 16.0 Å². The van der Waals surface area contributed by atoms with Gasteiger partial charge in [-0.25, -0.2) is 0 Å². The molecule has 1 aromatic carbocycles. The topological polar surface area (TPSA) is 58.4 Å². The SMILES string of the molecule is CCC(C)(C)N(C)CCC(=O)Nc1ccccc1C(N)=S. The van der Waals surface area contributed by atoms with Crippen molar-refractivity contribution < 1.29 is 4.79 Å². The fraction of sp³-hybridized carbons (Fsp3) is 0.500. The van der Waals surface area contributed by atoms with Crippen molar-refractivity contribution in [3.63, 3.8) is 0 Å². The maximum absolute atomic E-state index is 12.1. The molecule has 0 aliphatic rings. The van der Waals surface area contributed by atoms with Crippen molar-refractivity contribution >= 4 is 28.8 Å². The first-order chi connectivity index (χ1) is 9.77. The standard InChI is InChI=1S/C16H25N3OS/c1-5-16(2,3)19(4)11-10-14(20)18-13-9-7-6-8-12(13)15(17)21/h6-9H,5,10-11H2,1-4H3,(H2,17,21)(H,18,20).